The Morgan fingerprint density at radius 1 is 1.19 bits per heavy atom. The van der Waals surface area contributed by atoms with Crippen LogP contribution in [0.2, 0.25) is 0 Å². The first kappa shape index (κ1) is 15.8. The molecule has 0 spiro atoms. The van der Waals surface area contributed by atoms with Crippen LogP contribution in [0.4, 0.5) is 5.69 Å². The Hall–Kier alpha value is -1.58. The third-order valence-electron chi connectivity index (χ3n) is 2.51. The Morgan fingerprint density at radius 2 is 1.81 bits per heavy atom. The Labute approximate surface area is 133 Å². The van der Waals surface area contributed by atoms with Crippen LogP contribution in [-0.2, 0) is 14.8 Å². The van der Waals surface area contributed by atoms with Crippen molar-refractivity contribution < 1.29 is 23.4 Å². The van der Waals surface area contributed by atoms with Gasteiger partial charge in [-0.25, -0.2) is 8.42 Å². The maximum absolute atomic E-state index is 12.6. The van der Waals surface area contributed by atoms with Gasteiger partial charge >= 0.3 is 5.97 Å². The van der Waals surface area contributed by atoms with Gasteiger partial charge in [-0.2, -0.15) is 0 Å². The Bertz CT molecular complexity index is 754. The van der Waals surface area contributed by atoms with E-state index in [1.54, 1.807) is 6.07 Å². The summed E-state index contributed by atoms with van der Waals surface area (Å²) in [7, 11) is -3.98. The summed E-state index contributed by atoms with van der Waals surface area (Å²) in [5.74, 6) is -1.31. The van der Waals surface area contributed by atoms with E-state index in [1.807, 2.05) is 0 Å². The van der Waals surface area contributed by atoms with Crippen LogP contribution in [0, 0.1) is 0 Å². The van der Waals surface area contributed by atoms with Gasteiger partial charge in [-0.15, -0.1) is 11.3 Å². The second kappa shape index (κ2) is 6.04. The number of rotatable bonds is 5. The number of hydrogen-bond donors (Lipinski definition) is 2. The molecule has 0 radical (unpaired) electrons. The molecule has 2 aromatic rings. The number of halogens is 1. The van der Waals surface area contributed by atoms with Gasteiger partial charge in [0.05, 0.1) is 9.47 Å². The van der Waals surface area contributed by atoms with Crippen molar-refractivity contribution in [1.82, 2.24) is 0 Å². The summed E-state index contributed by atoms with van der Waals surface area (Å²) >= 11 is 4.17. The SMILES string of the molecule is O=C(O)CN(c1ccc(O)cc1)S(=O)(=O)c1ccc(Br)s1. The van der Waals surface area contributed by atoms with E-state index >= 15 is 0 Å². The highest BCUT2D eigenvalue weighted by atomic mass is 79.9. The highest BCUT2D eigenvalue weighted by Crippen LogP contribution is 2.31. The standard InChI is InChI=1S/C12H10BrNO5S2/c13-10-5-6-12(20-10)21(18,19)14(7-11(16)17)8-1-3-9(15)4-2-8/h1-6,15H,7H2,(H,16,17). The molecule has 21 heavy (non-hydrogen) atoms. The first-order valence-corrected chi connectivity index (χ1v) is 8.64. The van der Waals surface area contributed by atoms with Gasteiger partial charge in [0.25, 0.3) is 10.0 Å². The van der Waals surface area contributed by atoms with Crippen molar-refractivity contribution in [2.24, 2.45) is 0 Å². The number of anilines is 1. The molecule has 1 heterocycles. The van der Waals surface area contributed by atoms with Gasteiger partial charge < -0.3 is 10.2 Å². The van der Waals surface area contributed by atoms with Crippen LogP contribution in [-0.4, -0.2) is 31.1 Å². The maximum Gasteiger partial charge on any atom is 0.324 e. The highest BCUT2D eigenvalue weighted by molar-refractivity contribution is 9.11. The number of sulfonamides is 1. The van der Waals surface area contributed by atoms with E-state index in [0.29, 0.717) is 3.79 Å². The summed E-state index contributed by atoms with van der Waals surface area (Å²) in [5.41, 5.74) is 0.166. The molecule has 0 aliphatic heterocycles. The normalized spacial score (nSPS) is 11.3. The van der Waals surface area contributed by atoms with E-state index in [9.17, 15) is 18.3 Å². The van der Waals surface area contributed by atoms with Crippen molar-refractivity contribution in [2.45, 2.75) is 4.21 Å². The van der Waals surface area contributed by atoms with E-state index in [4.69, 9.17) is 5.11 Å². The lowest BCUT2D eigenvalue weighted by Gasteiger charge is -2.21. The molecule has 9 heteroatoms. The van der Waals surface area contributed by atoms with Crippen molar-refractivity contribution >= 4 is 48.9 Å². The molecular weight excluding hydrogens is 382 g/mol. The van der Waals surface area contributed by atoms with Crippen LogP contribution < -0.4 is 4.31 Å². The van der Waals surface area contributed by atoms with Gasteiger partial charge in [-0.05, 0) is 52.3 Å². The molecule has 0 fully saturated rings. The number of carbonyl (C=O) groups is 1. The fourth-order valence-electron chi connectivity index (χ4n) is 1.60. The fraction of sp³-hybridized carbons (Fsp3) is 0.0833. The van der Waals surface area contributed by atoms with Crippen molar-refractivity contribution in [3.63, 3.8) is 0 Å². The molecule has 0 aliphatic rings. The minimum absolute atomic E-state index is 0.0312. The summed E-state index contributed by atoms with van der Waals surface area (Å²) in [6.07, 6.45) is 0. The summed E-state index contributed by atoms with van der Waals surface area (Å²) in [5, 5.41) is 18.2. The quantitative estimate of drug-likeness (QED) is 0.816. The molecule has 6 nitrogen and oxygen atoms in total. The van der Waals surface area contributed by atoms with Gasteiger partial charge in [-0.3, -0.25) is 9.10 Å². The molecule has 0 saturated carbocycles. The first-order chi connectivity index (χ1) is 9.80. The van der Waals surface area contributed by atoms with Gasteiger partial charge in [0.2, 0.25) is 0 Å². The Balaban J connectivity index is 2.49. The molecule has 2 rings (SSSR count). The number of aromatic hydroxyl groups is 1. The van der Waals surface area contributed by atoms with Crippen LogP contribution in [0.5, 0.6) is 5.75 Å². The molecule has 0 aliphatic carbocycles. The van der Waals surface area contributed by atoms with E-state index in [-0.39, 0.29) is 15.6 Å². The highest BCUT2D eigenvalue weighted by Gasteiger charge is 2.28. The summed E-state index contributed by atoms with van der Waals surface area (Å²) in [4.78, 5) is 11.0. The number of carboxylic acids is 1. The molecule has 0 atom stereocenters. The maximum atomic E-state index is 12.6. The minimum atomic E-state index is -3.98. The summed E-state index contributed by atoms with van der Waals surface area (Å²) in [6.45, 7) is -0.706. The molecule has 2 N–H and O–H groups in total. The second-order valence-corrected chi connectivity index (χ2v) is 8.53. The first-order valence-electron chi connectivity index (χ1n) is 5.59. The van der Waals surface area contributed by atoms with E-state index in [1.165, 1.54) is 30.3 Å². The largest absolute Gasteiger partial charge is 0.508 e. The number of hydrogen-bond acceptors (Lipinski definition) is 5. The van der Waals surface area contributed by atoms with Gasteiger partial charge in [0.15, 0.2) is 0 Å². The fourth-order valence-corrected chi connectivity index (χ4v) is 5.14. The van der Waals surface area contributed by atoms with Crippen molar-refractivity contribution in [2.75, 3.05) is 10.8 Å². The number of carboxylic acid groups (broad SMARTS) is 1. The van der Waals surface area contributed by atoms with Gasteiger partial charge in [0.1, 0.15) is 16.5 Å². The van der Waals surface area contributed by atoms with Crippen LogP contribution in [0.3, 0.4) is 0 Å². The lowest BCUT2D eigenvalue weighted by atomic mass is 10.3. The predicted molar refractivity (Wildman–Crippen MR) is 82.3 cm³/mol. The molecular formula is C12H10BrNO5S2. The van der Waals surface area contributed by atoms with Crippen molar-refractivity contribution in [3.8, 4) is 5.75 Å². The summed E-state index contributed by atoms with van der Waals surface area (Å²) < 4.78 is 26.6. The van der Waals surface area contributed by atoms with Crippen molar-refractivity contribution in [3.05, 3.63) is 40.2 Å². The van der Waals surface area contributed by atoms with Gasteiger partial charge in [0, 0.05) is 0 Å². The van der Waals surface area contributed by atoms with Gasteiger partial charge in [-0.1, -0.05) is 0 Å². The molecule has 1 aromatic carbocycles. The number of phenolic OH excluding ortho intramolecular Hbond substituents is 1. The van der Waals surface area contributed by atoms with E-state index in [2.05, 4.69) is 15.9 Å². The van der Waals surface area contributed by atoms with E-state index < -0.39 is 22.5 Å². The van der Waals surface area contributed by atoms with Crippen LogP contribution >= 0.6 is 27.3 Å². The number of phenols is 1. The number of nitrogens with zero attached hydrogens (tertiary/aromatic N) is 1. The minimum Gasteiger partial charge on any atom is -0.508 e. The topological polar surface area (TPSA) is 94.9 Å². The average Bonchev–Trinajstić information content (AvgIpc) is 2.84. The second-order valence-electron chi connectivity index (χ2n) is 3.98. The predicted octanol–water partition coefficient (Wildman–Crippen LogP) is 2.50. The van der Waals surface area contributed by atoms with Crippen LogP contribution in [0.15, 0.2) is 44.4 Å². The third-order valence-corrected chi connectivity index (χ3v) is 6.37. The number of benzene rings is 1. The molecule has 112 valence electrons. The smallest absolute Gasteiger partial charge is 0.324 e. The van der Waals surface area contributed by atoms with Crippen LogP contribution in [0.1, 0.15) is 0 Å². The number of thiophene rings is 1. The Kier molecular flexibility index (Phi) is 4.55. The zero-order valence-corrected chi connectivity index (χ0v) is 13.7. The van der Waals surface area contributed by atoms with Crippen molar-refractivity contribution in [1.29, 1.82) is 0 Å². The molecule has 0 amide bonds. The molecule has 1 aromatic heterocycles. The lowest BCUT2D eigenvalue weighted by Crippen LogP contribution is -2.35. The summed E-state index contributed by atoms with van der Waals surface area (Å²) in [6, 6.07) is 8.26. The number of aliphatic carboxylic acids is 1. The lowest BCUT2D eigenvalue weighted by molar-refractivity contribution is -0.135. The molecule has 0 saturated heterocycles. The zero-order chi connectivity index (χ0) is 15.6. The third kappa shape index (κ3) is 3.55. The molecule has 0 unspecified atom stereocenters. The van der Waals surface area contributed by atoms with Crippen LogP contribution in [0.25, 0.3) is 0 Å². The monoisotopic (exact) mass is 391 g/mol. The molecule has 0 bridgehead atoms. The van der Waals surface area contributed by atoms with E-state index in [0.717, 1.165) is 15.6 Å². The average molecular weight is 392 g/mol. The Morgan fingerprint density at radius 3 is 2.29 bits per heavy atom. The zero-order valence-electron chi connectivity index (χ0n) is 10.4.